The first-order valence-corrected chi connectivity index (χ1v) is 7.24. The van der Waals surface area contributed by atoms with Gasteiger partial charge >= 0.3 is 5.88 Å². The van der Waals surface area contributed by atoms with Gasteiger partial charge in [0.05, 0.1) is 6.07 Å². The van der Waals surface area contributed by atoms with E-state index in [1.807, 2.05) is 30.3 Å². The lowest BCUT2D eigenvalue weighted by atomic mass is 10.2. The fourth-order valence-electron chi connectivity index (χ4n) is 1.95. The van der Waals surface area contributed by atoms with Crippen LogP contribution in [0.1, 0.15) is 5.76 Å². The number of rotatable bonds is 5. The topological polar surface area (TPSA) is 102 Å². The summed E-state index contributed by atoms with van der Waals surface area (Å²) in [6.45, 7) is 0. The largest absolute Gasteiger partial charge is 0.433 e. The Morgan fingerprint density at radius 1 is 1.29 bits per heavy atom. The van der Waals surface area contributed by atoms with Crippen LogP contribution < -0.4 is 0 Å². The minimum atomic E-state index is -0.595. The van der Waals surface area contributed by atoms with Crippen molar-refractivity contribution in [1.82, 2.24) is 14.9 Å². The van der Waals surface area contributed by atoms with E-state index >= 15 is 0 Å². The number of H-pyrrole nitrogens is 1. The van der Waals surface area contributed by atoms with Crippen molar-refractivity contribution in [1.29, 1.82) is 0 Å². The second-order valence-corrected chi connectivity index (χ2v) is 4.97. The molecule has 1 aromatic carbocycles. The van der Waals surface area contributed by atoms with Gasteiger partial charge in [0.2, 0.25) is 4.77 Å². The molecule has 0 saturated carbocycles. The predicted octanol–water partition coefficient (Wildman–Crippen LogP) is 3.66. The van der Waals surface area contributed by atoms with Crippen LogP contribution in [0.25, 0.3) is 17.5 Å². The molecule has 24 heavy (non-hydrogen) atoms. The van der Waals surface area contributed by atoms with Crippen LogP contribution in [0.15, 0.2) is 58.1 Å². The zero-order valence-electron chi connectivity index (χ0n) is 12.2. The van der Waals surface area contributed by atoms with E-state index in [1.54, 1.807) is 12.2 Å². The van der Waals surface area contributed by atoms with Crippen molar-refractivity contribution < 1.29 is 9.34 Å². The maximum Gasteiger partial charge on any atom is 0.433 e. The fraction of sp³-hybridized carbons (Fsp3) is 0. The minimum absolute atomic E-state index is 0.310. The first kappa shape index (κ1) is 15.6. The SMILES string of the molecule is O=[N+]([O-])c1ccc(/C=C\C=Nn2c(-c3ccccc3)n[nH]c2=S)o1. The molecule has 2 aromatic heterocycles. The minimum Gasteiger partial charge on any atom is -0.401 e. The molecule has 0 bridgehead atoms. The van der Waals surface area contributed by atoms with Crippen LogP contribution in [0.4, 0.5) is 5.88 Å². The highest BCUT2D eigenvalue weighted by Crippen LogP contribution is 2.17. The van der Waals surface area contributed by atoms with Crippen molar-refractivity contribution in [2.75, 3.05) is 0 Å². The van der Waals surface area contributed by atoms with Crippen molar-refractivity contribution in [2.24, 2.45) is 5.10 Å². The second kappa shape index (κ2) is 6.84. The summed E-state index contributed by atoms with van der Waals surface area (Å²) in [4.78, 5) is 9.95. The lowest BCUT2D eigenvalue weighted by Crippen LogP contribution is -1.93. The number of furan rings is 1. The molecule has 0 unspecified atom stereocenters. The molecule has 1 N–H and O–H groups in total. The monoisotopic (exact) mass is 341 g/mol. The zero-order chi connectivity index (χ0) is 16.9. The van der Waals surface area contributed by atoms with Crippen molar-refractivity contribution >= 4 is 30.4 Å². The number of nitrogens with zero attached hydrogens (tertiary/aromatic N) is 4. The van der Waals surface area contributed by atoms with Gasteiger partial charge < -0.3 is 4.42 Å². The Kier molecular flexibility index (Phi) is 4.43. The van der Waals surface area contributed by atoms with Gasteiger partial charge in [0.15, 0.2) is 5.82 Å². The number of aromatic nitrogens is 3. The van der Waals surface area contributed by atoms with Crippen LogP contribution in [-0.4, -0.2) is 26.0 Å². The first-order valence-electron chi connectivity index (χ1n) is 6.83. The van der Waals surface area contributed by atoms with E-state index in [-0.39, 0.29) is 5.88 Å². The third-order valence-electron chi connectivity index (χ3n) is 3.00. The molecule has 0 aliphatic carbocycles. The quantitative estimate of drug-likeness (QED) is 0.330. The lowest BCUT2D eigenvalue weighted by Gasteiger charge is -1.99. The summed E-state index contributed by atoms with van der Waals surface area (Å²) in [6.07, 6.45) is 4.64. The summed E-state index contributed by atoms with van der Waals surface area (Å²) in [5.74, 6) is 0.626. The van der Waals surface area contributed by atoms with E-state index in [0.717, 1.165) is 5.56 Å². The van der Waals surface area contributed by atoms with Crippen LogP contribution in [0, 0.1) is 14.9 Å². The molecule has 0 atom stereocenters. The van der Waals surface area contributed by atoms with Crippen LogP contribution in [0.3, 0.4) is 0 Å². The standard InChI is InChI=1S/C15H11N5O3S/c21-20(22)13-9-8-12(23-13)7-4-10-16-19-14(17-18-15(19)24)11-5-2-1-3-6-11/h1-10H,(H,18,24)/b7-4-,16-10?. The number of aromatic amines is 1. The number of allylic oxidation sites excluding steroid dienone is 1. The molecule has 8 nitrogen and oxygen atoms in total. The maximum absolute atomic E-state index is 10.5. The number of benzene rings is 1. The first-order chi connectivity index (χ1) is 11.6. The van der Waals surface area contributed by atoms with E-state index in [4.69, 9.17) is 16.6 Å². The summed E-state index contributed by atoms with van der Waals surface area (Å²) >= 11 is 5.16. The molecule has 0 aliphatic rings. The van der Waals surface area contributed by atoms with Gasteiger partial charge in [-0.05, 0) is 30.4 Å². The van der Waals surface area contributed by atoms with Crippen molar-refractivity contribution in [3.63, 3.8) is 0 Å². The molecule has 0 saturated heterocycles. The molecular formula is C15H11N5O3S. The third kappa shape index (κ3) is 3.36. The van der Waals surface area contributed by atoms with E-state index in [2.05, 4.69) is 15.3 Å². The molecule has 0 spiro atoms. The Hall–Kier alpha value is -3.33. The van der Waals surface area contributed by atoms with E-state index in [9.17, 15) is 10.1 Å². The Morgan fingerprint density at radius 2 is 2.08 bits per heavy atom. The van der Waals surface area contributed by atoms with Gasteiger partial charge in [-0.15, -0.1) is 0 Å². The molecule has 9 heteroatoms. The Morgan fingerprint density at radius 3 is 2.79 bits per heavy atom. The van der Waals surface area contributed by atoms with Gasteiger partial charge in [0.1, 0.15) is 10.7 Å². The molecule has 0 fully saturated rings. The van der Waals surface area contributed by atoms with Gasteiger partial charge in [-0.3, -0.25) is 10.1 Å². The molecule has 120 valence electrons. The number of nitrogens with one attached hydrogen (secondary N) is 1. The van der Waals surface area contributed by atoms with Crippen LogP contribution in [0.5, 0.6) is 0 Å². The van der Waals surface area contributed by atoms with Crippen LogP contribution >= 0.6 is 12.2 Å². The molecule has 2 heterocycles. The summed E-state index contributed by atoms with van der Waals surface area (Å²) < 4.78 is 6.85. The number of hydrogen-bond acceptors (Lipinski definition) is 6. The Labute approximate surface area is 140 Å². The molecule has 3 rings (SSSR count). The van der Waals surface area contributed by atoms with E-state index in [1.165, 1.54) is 23.0 Å². The van der Waals surface area contributed by atoms with Crippen LogP contribution in [0.2, 0.25) is 0 Å². The number of nitro groups is 1. The van der Waals surface area contributed by atoms with Gasteiger partial charge in [-0.2, -0.15) is 14.9 Å². The highest BCUT2D eigenvalue weighted by molar-refractivity contribution is 7.71. The molecule has 3 aromatic rings. The summed E-state index contributed by atoms with van der Waals surface area (Å²) in [6, 6.07) is 12.3. The molecular weight excluding hydrogens is 330 g/mol. The van der Waals surface area contributed by atoms with Gasteiger partial charge in [0.25, 0.3) is 0 Å². The van der Waals surface area contributed by atoms with Gasteiger partial charge in [-0.25, -0.2) is 5.10 Å². The Balaban J connectivity index is 1.80. The highest BCUT2D eigenvalue weighted by atomic mass is 32.1. The summed E-state index contributed by atoms with van der Waals surface area (Å²) in [7, 11) is 0. The van der Waals surface area contributed by atoms with Crippen molar-refractivity contribution in [3.8, 4) is 11.4 Å². The average molecular weight is 341 g/mol. The predicted molar refractivity (Wildman–Crippen MR) is 91.1 cm³/mol. The normalized spacial score (nSPS) is 11.5. The van der Waals surface area contributed by atoms with Crippen LogP contribution in [-0.2, 0) is 0 Å². The molecule has 0 radical (unpaired) electrons. The van der Waals surface area contributed by atoms with E-state index < -0.39 is 4.92 Å². The van der Waals surface area contributed by atoms with E-state index in [0.29, 0.717) is 16.4 Å². The number of hydrogen-bond donors (Lipinski definition) is 1. The lowest BCUT2D eigenvalue weighted by molar-refractivity contribution is -0.402. The Bertz CT molecular complexity index is 968. The average Bonchev–Trinajstić information content (AvgIpc) is 3.20. The van der Waals surface area contributed by atoms with Crippen molar-refractivity contribution in [2.45, 2.75) is 0 Å². The van der Waals surface area contributed by atoms with Gasteiger partial charge in [-0.1, -0.05) is 30.3 Å². The fourth-order valence-corrected chi connectivity index (χ4v) is 2.13. The molecule has 0 aliphatic heterocycles. The highest BCUT2D eigenvalue weighted by Gasteiger charge is 2.09. The smallest absolute Gasteiger partial charge is 0.401 e. The third-order valence-corrected chi connectivity index (χ3v) is 3.27. The zero-order valence-corrected chi connectivity index (χ0v) is 13.0. The maximum atomic E-state index is 10.5. The molecule has 0 amide bonds. The summed E-state index contributed by atoms with van der Waals surface area (Å²) in [5.41, 5.74) is 0.868. The summed E-state index contributed by atoms with van der Waals surface area (Å²) in [5, 5.41) is 21.6. The second-order valence-electron chi connectivity index (χ2n) is 4.59. The van der Waals surface area contributed by atoms with Crippen molar-refractivity contribution in [3.05, 3.63) is 69.2 Å². The van der Waals surface area contributed by atoms with Gasteiger partial charge in [0, 0.05) is 11.8 Å².